The third kappa shape index (κ3) is 2.65. The summed E-state index contributed by atoms with van der Waals surface area (Å²) in [4.78, 5) is 16.1. The summed E-state index contributed by atoms with van der Waals surface area (Å²) in [6, 6.07) is 7.68. The summed E-state index contributed by atoms with van der Waals surface area (Å²) < 4.78 is 1.78. The second-order valence-electron chi connectivity index (χ2n) is 4.27. The van der Waals surface area contributed by atoms with Gasteiger partial charge in [0.1, 0.15) is 0 Å². The minimum Gasteiger partial charge on any atom is -0.326 e. The fourth-order valence-electron chi connectivity index (χ4n) is 1.94. The molecule has 0 aliphatic heterocycles. The first-order chi connectivity index (χ1) is 8.72. The van der Waals surface area contributed by atoms with Crippen molar-refractivity contribution in [1.29, 1.82) is 0 Å². The van der Waals surface area contributed by atoms with E-state index in [9.17, 15) is 4.79 Å². The highest BCUT2D eigenvalue weighted by Crippen LogP contribution is 2.03. The lowest BCUT2D eigenvalue weighted by atomic mass is 10.2. The minimum absolute atomic E-state index is 0.0200. The van der Waals surface area contributed by atoms with Crippen LogP contribution in [0.1, 0.15) is 16.8 Å². The van der Waals surface area contributed by atoms with E-state index in [1.54, 1.807) is 23.0 Å². The molecule has 0 aliphatic carbocycles. The van der Waals surface area contributed by atoms with Crippen LogP contribution in [0.15, 0.2) is 41.5 Å². The van der Waals surface area contributed by atoms with E-state index < -0.39 is 0 Å². The normalized spacial score (nSPS) is 10.6. The maximum absolute atomic E-state index is 12.1. The van der Waals surface area contributed by atoms with Gasteiger partial charge in [-0.05, 0) is 37.1 Å². The van der Waals surface area contributed by atoms with Crippen LogP contribution in [0.5, 0.6) is 0 Å². The van der Waals surface area contributed by atoms with Gasteiger partial charge in [-0.1, -0.05) is 6.07 Å². The number of pyridine rings is 2. The molecule has 0 spiro atoms. The molecular formula is C14H17N3O. The predicted octanol–water partition coefficient (Wildman–Crippen LogP) is 1.25. The van der Waals surface area contributed by atoms with E-state index in [-0.39, 0.29) is 12.1 Å². The lowest BCUT2D eigenvalue weighted by molar-refractivity contribution is 0.641. The molecule has 2 heterocycles. The van der Waals surface area contributed by atoms with Gasteiger partial charge in [0.15, 0.2) is 0 Å². The van der Waals surface area contributed by atoms with E-state index in [0.717, 1.165) is 12.1 Å². The van der Waals surface area contributed by atoms with Crippen LogP contribution in [-0.2, 0) is 19.5 Å². The van der Waals surface area contributed by atoms with Crippen molar-refractivity contribution in [2.45, 2.75) is 26.4 Å². The molecular weight excluding hydrogens is 226 g/mol. The number of hydrogen-bond acceptors (Lipinski definition) is 3. The average molecular weight is 243 g/mol. The van der Waals surface area contributed by atoms with Crippen molar-refractivity contribution in [2.24, 2.45) is 5.73 Å². The molecule has 2 N–H and O–H groups in total. The first-order valence-corrected chi connectivity index (χ1v) is 6.00. The highest BCUT2D eigenvalue weighted by molar-refractivity contribution is 5.16. The Morgan fingerprint density at radius 1 is 1.22 bits per heavy atom. The summed E-state index contributed by atoms with van der Waals surface area (Å²) >= 11 is 0. The van der Waals surface area contributed by atoms with Gasteiger partial charge >= 0.3 is 0 Å². The zero-order valence-corrected chi connectivity index (χ0v) is 10.5. The fraction of sp³-hybridized carbons (Fsp3) is 0.286. The molecule has 0 saturated heterocycles. The number of nitrogens with two attached hydrogens (primary N) is 1. The smallest absolute Gasteiger partial charge is 0.255 e. The first-order valence-electron chi connectivity index (χ1n) is 6.00. The Labute approximate surface area is 106 Å². The third-order valence-electron chi connectivity index (χ3n) is 3.06. The van der Waals surface area contributed by atoms with Crippen LogP contribution in [0.25, 0.3) is 0 Å². The molecule has 0 fully saturated rings. The van der Waals surface area contributed by atoms with Gasteiger partial charge in [0, 0.05) is 36.7 Å². The minimum atomic E-state index is 0.0200. The third-order valence-corrected chi connectivity index (χ3v) is 3.06. The molecule has 0 aromatic carbocycles. The highest BCUT2D eigenvalue weighted by Gasteiger charge is 2.05. The molecule has 4 nitrogen and oxygen atoms in total. The molecule has 2 rings (SSSR count). The maximum Gasteiger partial charge on any atom is 0.255 e. The number of aromatic nitrogens is 2. The van der Waals surface area contributed by atoms with Crippen LogP contribution in [-0.4, -0.2) is 9.55 Å². The highest BCUT2D eigenvalue weighted by atomic mass is 16.1. The van der Waals surface area contributed by atoms with Crippen LogP contribution in [0.2, 0.25) is 0 Å². The van der Waals surface area contributed by atoms with Crippen molar-refractivity contribution in [3.05, 3.63) is 63.8 Å². The van der Waals surface area contributed by atoms with E-state index in [2.05, 4.69) is 4.98 Å². The van der Waals surface area contributed by atoms with Crippen LogP contribution < -0.4 is 11.3 Å². The van der Waals surface area contributed by atoms with Crippen molar-refractivity contribution in [2.75, 3.05) is 0 Å². The summed E-state index contributed by atoms with van der Waals surface area (Å²) in [5.74, 6) is 0. The number of rotatable bonds is 4. The molecule has 18 heavy (non-hydrogen) atoms. The molecule has 0 saturated carbocycles. The molecule has 2 aromatic rings. The SMILES string of the molecule is Cc1ccc(CN)c(=O)n1CCc1ccncc1. The van der Waals surface area contributed by atoms with Crippen molar-refractivity contribution in [3.63, 3.8) is 0 Å². The van der Waals surface area contributed by atoms with E-state index in [0.29, 0.717) is 12.1 Å². The Bertz CT molecular complexity index is 575. The lowest BCUT2D eigenvalue weighted by Gasteiger charge is -2.11. The Morgan fingerprint density at radius 2 is 1.94 bits per heavy atom. The van der Waals surface area contributed by atoms with Gasteiger partial charge in [0.25, 0.3) is 5.56 Å². The summed E-state index contributed by atoms with van der Waals surface area (Å²) in [5.41, 5.74) is 8.38. The quantitative estimate of drug-likeness (QED) is 0.879. The zero-order chi connectivity index (χ0) is 13.0. The topological polar surface area (TPSA) is 60.9 Å². The van der Waals surface area contributed by atoms with E-state index in [1.165, 1.54) is 5.56 Å². The fourth-order valence-corrected chi connectivity index (χ4v) is 1.94. The predicted molar refractivity (Wildman–Crippen MR) is 71.3 cm³/mol. The Kier molecular flexibility index (Phi) is 3.89. The first kappa shape index (κ1) is 12.5. The van der Waals surface area contributed by atoms with E-state index in [1.807, 2.05) is 25.1 Å². The Morgan fingerprint density at radius 3 is 2.61 bits per heavy atom. The molecule has 0 amide bonds. The molecule has 2 aromatic heterocycles. The molecule has 0 aliphatic rings. The van der Waals surface area contributed by atoms with Gasteiger partial charge in [-0.15, -0.1) is 0 Å². The molecule has 94 valence electrons. The molecule has 4 heteroatoms. The van der Waals surface area contributed by atoms with Crippen molar-refractivity contribution >= 4 is 0 Å². The van der Waals surface area contributed by atoms with Gasteiger partial charge in [0.2, 0.25) is 0 Å². The second kappa shape index (κ2) is 5.60. The lowest BCUT2D eigenvalue weighted by Crippen LogP contribution is -2.27. The molecule has 0 bridgehead atoms. The van der Waals surface area contributed by atoms with Crippen LogP contribution in [0, 0.1) is 6.92 Å². The summed E-state index contributed by atoms with van der Waals surface area (Å²) in [6.45, 7) is 2.89. The molecule has 0 unspecified atom stereocenters. The average Bonchev–Trinajstić information content (AvgIpc) is 2.40. The van der Waals surface area contributed by atoms with Gasteiger partial charge in [-0.3, -0.25) is 9.78 Å². The van der Waals surface area contributed by atoms with E-state index in [4.69, 9.17) is 5.73 Å². The Hall–Kier alpha value is -1.94. The summed E-state index contributed by atoms with van der Waals surface area (Å²) in [6.07, 6.45) is 4.35. The standard InChI is InChI=1S/C14H17N3O/c1-11-2-3-13(10-15)14(18)17(11)9-6-12-4-7-16-8-5-12/h2-5,7-8H,6,9-10,15H2,1H3. The van der Waals surface area contributed by atoms with E-state index >= 15 is 0 Å². The Balaban J connectivity index is 2.22. The maximum atomic E-state index is 12.1. The van der Waals surface area contributed by atoms with Crippen molar-refractivity contribution in [1.82, 2.24) is 9.55 Å². The van der Waals surface area contributed by atoms with Crippen LogP contribution in [0.4, 0.5) is 0 Å². The van der Waals surface area contributed by atoms with Gasteiger partial charge in [-0.2, -0.15) is 0 Å². The van der Waals surface area contributed by atoms with Crippen molar-refractivity contribution in [3.8, 4) is 0 Å². The van der Waals surface area contributed by atoms with Gasteiger partial charge < -0.3 is 10.3 Å². The van der Waals surface area contributed by atoms with Gasteiger partial charge in [0.05, 0.1) is 0 Å². The summed E-state index contributed by atoms with van der Waals surface area (Å²) in [5, 5.41) is 0. The van der Waals surface area contributed by atoms with Gasteiger partial charge in [-0.25, -0.2) is 0 Å². The number of hydrogen-bond donors (Lipinski definition) is 1. The van der Waals surface area contributed by atoms with Crippen LogP contribution >= 0.6 is 0 Å². The number of aryl methyl sites for hydroxylation is 2. The van der Waals surface area contributed by atoms with Crippen LogP contribution in [0.3, 0.4) is 0 Å². The molecule has 0 atom stereocenters. The zero-order valence-electron chi connectivity index (χ0n) is 10.5. The second-order valence-corrected chi connectivity index (χ2v) is 4.27. The number of nitrogens with zero attached hydrogens (tertiary/aromatic N) is 2. The van der Waals surface area contributed by atoms with Crippen molar-refractivity contribution < 1.29 is 0 Å². The molecule has 0 radical (unpaired) electrons. The largest absolute Gasteiger partial charge is 0.326 e. The monoisotopic (exact) mass is 243 g/mol. The summed E-state index contributed by atoms with van der Waals surface area (Å²) in [7, 11) is 0.